The largest absolute Gasteiger partial charge is 0.450 e. The van der Waals surface area contributed by atoms with Crippen LogP contribution >= 0.6 is 0 Å². The number of rotatable bonds is 6. The molecule has 2 saturated heterocycles. The van der Waals surface area contributed by atoms with Crippen molar-refractivity contribution < 1.29 is 19.1 Å². The highest BCUT2D eigenvalue weighted by Gasteiger charge is 2.25. The molecule has 0 aliphatic carbocycles. The number of piperazine rings is 1. The van der Waals surface area contributed by atoms with Crippen LogP contribution in [0.15, 0.2) is 18.5 Å². The van der Waals surface area contributed by atoms with Gasteiger partial charge in [0.1, 0.15) is 0 Å². The molecule has 1 aromatic heterocycles. The Hall–Kier alpha value is -2.39. The van der Waals surface area contributed by atoms with Crippen LogP contribution in [0.5, 0.6) is 0 Å². The van der Waals surface area contributed by atoms with E-state index in [1.807, 2.05) is 6.07 Å². The van der Waals surface area contributed by atoms with Crippen LogP contribution in [-0.4, -0.2) is 104 Å². The van der Waals surface area contributed by atoms with Gasteiger partial charge in [0.15, 0.2) is 0 Å². The number of carbonyl (C=O) groups is 2. The van der Waals surface area contributed by atoms with Crippen LogP contribution in [0, 0.1) is 0 Å². The van der Waals surface area contributed by atoms with Crippen molar-refractivity contribution in [2.45, 2.75) is 6.92 Å². The fourth-order valence-corrected chi connectivity index (χ4v) is 3.33. The molecular weight excluding hydrogens is 362 g/mol. The fourth-order valence-electron chi connectivity index (χ4n) is 3.33. The smallest absolute Gasteiger partial charge is 0.409 e. The average molecular weight is 391 g/mol. The van der Waals surface area contributed by atoms with E-state index in [-0.39, 0.29) is 12.0 Å². The van der Waals surface area contributed by atoms with Crippen LogP contribution in [0.1, 0.15) is 17.3 Å². The number of pyridine rings is 1. The van der Waals surface area contributed by atoms with Crippen molar-refractivity contribution in [3.8, 4) is 0 Å². The molecule has 2 fully saturated rings. The third-order valence-corrected chi connectivity index (χ3v) is 4.94. The molecule has 0 atom stereocenters. The number of ether oxygens (including phenoxy) is 2. The summed E-state index contributed by atoms with van der Waals surface area (Å²) in [4.78, 5) is 34.5. The van der Waals surface area contributed by atoms with Gasteiger partial charge in [-0.05, 0) is 13.0 Å². The maximum atomic E-state index is 12.8. The van der Waals surface area contributed by atoms with Crippen LogP contribution in [0.4, 0.5) is 10.5 Å². The summed E-state index contributed by atoms with van der Waals surface area (Å²) < 4.78 is 10.4. The number of hydrogen-bond acceptors (Lipinski definition) is 7. The number of nitrogens with one attached hydrogen (secondary N) is 1. The Morgan fingerprint density at radius 2 is 1.82 bits per heavy atom. The van der Waals surface area contributed by atoms with Crippen molar-refractivity contribution >= 4 is 17.7 Å². The van der Waals surface area contributed by atoms with Gasteiger partial charge < -0.3 is 24.6 Å². The first-order valence-electron chi connectivity index (χ1n) is 9.87. The second kappa shape index (κ2) is 10.2. The Morgan fingerprint density at radius 1 is 1.11 bits per heavy atom. The van der Waals surface area contributed by atoms with Crippen molar-refractivity contribution in [3.05, 3.63) is 24.0 Å². The first-order valence-corrected chi connectivity index (χ1v) is 9.87. The molecule has 0 spiro atoms. The predicted octanol–water partition coefficient (Wildman–Crippen LogP) is 0.740. The Kier molecular flexibility index (Phi) is 7.44. The van der Waals surface area contributed by atoms with Crippen molar-refractivity contribution in [2.75, 3.05) is 77.5 Å². The van der Waals surface area contributed by atoms with Gasteiger partial charge >= 0.3 is 6.09 Å². The van der Waals surface area contributed by atoms with Crippen LogP contribution < -0.4 is 5.32 Å². The Balaban J connectivity index is 1.47. The monoisotopic (exact) mass is 391 g/mol. The van der Waals surface area contributed by atoms with Crippen molar-refractivity contribution in [1.82, 2.24) is 19.7 Å². The third-order valence-electron chi connectivity index (χ3n) is 4.94. The van der Waals surface area contributed by atoms with Gasteiger partial charge in [-0.2, -0.15) is 0 Å². The summed E-state index contributed by atoms with van der Waals surface area (Å²) in [6, 6.07) is 1.84. The highest BCUT2D eigenvalue weighted by Crippen LogP contribution is 2.13. The van der Waals surface area contributed by atoms with Crippen LogP contribution in [0.2, 0.25) is 0 Å². The molecule has 2 aliphatic heterocycles. The highest BCUT2D eigenvalue weighted by molar-refractivity contribution is 5.94. The topological polar surface area (TPSA) is 87.2 Å². The third kappa shape index (κ3) is 5.56. The van der Waals surface area contributed by atoms with Crippen molar-refractivity contribution in [2.24, 2.45) is 0 Å². The van der Waals surface area contributed by atoms with Gasteiger partial charge in [-0.1, -0.05) is 0 Å². The number of carbonyl (C=O) groups excluding carboxylic acids is 2. The molecule has 154 valence electrons. The zero-order valence-corrected chi connectivity index (χ0v) is 16.4. The van der Waals surface area contributed by atoms with Gasteiger partial charge in [0.05, 0.1) is 31.1 Å². The summed E-state index contributed by atoms with van der Waals surface area (Å²) in [5, 5.41) is 3.34. The lowest BCUT2D eigenvalue weighted by Gasteiger charge is -2.34. The summed E-state index contributed by atoms with van der Waals surface area (Å²) in [5.74, 6) is -0.0622. The number of anilines is 1. The lowest BCUT2D eigenvalue weighted by Crippen LogP contribution is -2.50. The van der Waals surface area contributed by atoms with E-state index < -0.39 is 0 Å². The number of morpholine rings is 1. The minimum Gasteiger partial charge on any atom is -0.450 e. The second-order valence-corrected chi connectivity index (χ2v) is 6.82. The molecule has 2 amide bonds. The number of amides is 2. The van der Waals surface area contributed by atoms with Crippen LogP contribution in [0.25, 0.3) is 0 Å². The molecule has 0 radical (unpaired) electrons. The predicted molar refractivity (Wildman–Crippen MR) is 104 cm³/mol. The second-order valence-electron chi connectivity index (χ2n) is 6.82. The standard InChI is InChI=1S/C19H29N5O4/c1-2-28-19(26)24-7-5-23(6-8-24)18(25)16-13-17(15-20-14-16)21-3-4-22-9-11-27-12-10-22/h13-15,21H,2-12H2,1H3. The van der Waals surface area contributed by atoms with E-state index in [9.17, 15) is 9.59 Å². The first-order chi connectivity index (χ1) is 13.7. The fraction of sp³-hybridized carbons (Fsp3) is 0.632. The normalized spacial score (nSPS) is 18.0. The SMILES string of the molecule is CCOC(=O)N1CCN(C(=O)c2cncc(NCCN3CCOCC3)c2)CC1. The van der Waals surface area contributed by atoms with E-state index in [1.54, 1.807) is 29.1 Å². The Bertz CT molecular complexity index is 657. The molecule has 9 heteroatoms. The van der Waals surface area contributed by atoms with Crippen LogP contribution in [0.3, 0.4) is 0 Å². The van der Waals surface area contributed by atoms with E-state index in [1.165, 1.54) is 0 Å². The molecule has 1 aromatic rings. The van der Waals surface area contributed by atoms with E-state index in [2.05, 4.69) is 15.2 Å². The summed E-state index contributed by atoms with van der Waals surface area (Å²) >= 11 is 0. The molecule has 0 unspecified atom stereocenters. The van der Waals surface area contributed by atoms with Gasteiger partial charge in [0.25, 0.3) is 5.91 Å². The zero-order chi connectivity index (χ0) is 19.8. The summed E-state index contributed by atoms with van der Waals surface area (Å²) in [5.41, 5.74) is 1.39. The maximum absolute atomic E-state index is 12.8. The zero-order valence-electron chi connectivity index (χ0n) is 16.4. The minimum atomic E-state index is -0.317. The number of aromatic nitrogens is 1. The molecule has 0 bridgehead atoms. The first kappa shape index (κ1) is 20.3. The van der Waals surface area contributed by atoms with E-state index >= 15 is 0 Å². The van der Waals surface area contributed by atoms with Gasteiger partial charge in [0, 0.05) is 64.8 Å². The number of nitrogens with zero attached hydrogens (tertiary/aromatic N) is 4. The number of hydrogen-bond donors (Lipinski definition) is 1. The summed E-state index contributed by atoms with van der Waals surface area (Å²) in [7, 11) is 0. The van der Waals surface area contributed by atoms with Crippen LogP contribution in [-0.2, 0) is 9.47 Å². The molecule has 3 heterocycles. The summed E-state index contributed by atoms with van der Waals surface area (Å²) in [6.45, 7) is 9.29. The van der Waals surface area contributed by atoms with Gasteiger partial charge in [-0.15, -0.1) is 0 Å². The minimum absolute atomic E-state index is 0.0622. The lowest BCUT2D eigenvalue weighted by molar-refractivity contribution is 0.0398. The lowest BCUT2D eigenvalue weighted by atomic mass is 10.2. The molecule has 0 aromatic carbocycles. The van der Waals surface area contributed by atoms with Gasteiger partial charge in [-0.3, -0.25) is 14.7 Å². The summed E-state index contributed by atoms with van der Waals surface area (Å²) in [6.07, 6.45) is 3.00. The van der Waals surface area contributed by atoms with Gasteiger partial charge in [0.2, 0.25) is 0 Å². The molecule has 0 saturated carbocycles. The average Bonchev–Trinajstić information content (AvgIpc) is 2.74. The Labute approximate surface area is 165 Å². The van der Waals surface area contributed by atoms with Crippen molar-refractivity contribution in [3.63, 3.8) is 0 Å². The van der Waals surface area contributed by atoms with Crippen molar-refractivity contribution in [1.29, 1.82) is 0 Å². The molecule has 1 N–H and O–H groups in total. The van der Waals surface area contributed by atoms with E-state index in [0.717, 1.165) is 45.1 Å². The maximum Gasteiger partial charge on any atom is 0.409 e. The highest BCUT2D eigenvalue weighted by atomic mass is 16.6. The van der Waals surface area contributed by atoms with Gasteiger partial charge in [-0.25, -0.2) is 4.79 Å². The van der Waals surface area contributed by atoms with E-state index in [0.29, 0.717) is 38.3 Å². The molecule has 3 rings (SSSR count). The quantitative estimate of drug-likeness (QED) is 0.765. The molecule has 2 aliphatic rings. The Morgan fingerprint density at radius 3 is 2.54 bits per heavy atom. The molecule has 28 heavy (non-hydrogen) atoms. The van der Waals surface area contributed by atoms with E-state index in [4.69, 9.17) is 9.47 Å². The molecular formula is C19H29N5O4. The molecule has 9 nitrogen and oxygen atoms in total.